The number of carbonyl (C=O) groups excluding carboxylic acids is 1. The molecular formula is C26H33N5O2S. The van der Waals surface area contributed by atoms with Crippen molar-refractivity contribution in [3.8, 4) is 5.75 Å². The number of nitrogens with one attached hydrogen (secondary N) is 1. The van der Waals surface area contributed by atoms with Gasteiger partial charge in [0.2, 0.25) is 0 Å². The maximum absolute atomic E-state index is 12.8. The highest BCUT2D eigenvalue weighted by atomic mass is 32.1. The number of carbonyl (C=O) groups is 1. The zero-order chi connectivity index (χ0) is 23.7. The fourth-order valence-electron chi connectivity index (χ4n) is 4.93. The molecule has 1 aliphatic carbocycles. The van der Waals surface area contributed by atoms with Crippen LogP contribution in [0.5, 0.6) is 5.75 Å². The number of rotatable bonds is 5. The molecule has 2 aromatic heterocycles. The normalized spacial score (nSPS) is 18.1. The molecule has 2 amide bonds. The number of nitrogens with zero attached hydrogens (tertiary/aromatic N) is 4. The van der Waals surface area contributed by atoms with Crippen molar-refractivity contribution in [1.82, 2.24) is 14.9 Å². The molecule has 1 aromatic carbocycles. The van der Waals surface area contributed by atoms with E-state index in [1.807, 2.05) is 40.5 Å². The fraction of sp³-hybridized carbons (Fsp3) is 0.500. The van der Waals surface area contributed by atoms with Gasteiger partial charge in [0.05, 0.1) is 12.5 Å². The van der Waals surface area contributed by atoms with Crippen molar-refractivity contribution in [2.75, 3.05) is 43.5 Å². The van der Waals surface area contributed by atoms with Crippen LogP contribution < -0.4 is 15.0 Å². The number of fused-ring (bicyclic) bond motifs is 3. The minimum absolute atomic E-state index is 0.0637. The number of thiophene rings is 1. The smallest absolute Gasteiger partial charge is 0.321 e. The van der Waals surface area contributed by atoms with Gasteiger partial charge >= 0.3 is 6.03 Å². The summed E-state index contributed by atoms with van der Waals surface area (Å²) in [7, 11) is 1.64. The Morgan fingerprint density at radius 1 is 1.18 bits per heavy atom. The molecule has 1 N–H and O–H groups in total. The molecule has 7 nitrogen and oxygen atoms in total. The Hall–Kier alpha value is -2.87. The van der Waals surface area contributed by atoms with Gasteiger partial charge in [0, 0.05) is 43.2 Å². The first kappa shape index (κ1) is 22.9. The second-order valence-corrected chi connectivity index (χ2v) is 10.5. The van der Waals surface area contributed by atoms with Gasteiger partial charge in [-0.2, -0.15) is 0 Å². The van der Waals surface area contributed by atoms with Gasteiger partial charge < -0.3 is 19.9 Å². The van der Waals surface area contributed by atoms with Crippen LogP contribution in [0.4, 0.5) is 16.3 Å². The number of amides is 2. The summed E-state index contributed by atoms with van der Waals surface area (Å²) in [6.45, 7) is 7.40. The van der Waals surface area contributed by atoms with Crippen molar-refractivity contribution < 1.29 is 9.53 Å². The molecule has 0 bridgehead atoms. The Labute approximate surface area is 205 Å². The molecule has 8 heteroatoms. The third kappa shape index (κ3) is 4.56. The Morgan fingerprint density at radius 3 is 2.65 bits per heavy atom. The highest BCUT2D eigenvalue weighted by Crippen LogP contribution is 2.41. The summed E-state index contributed by atoms with van der Waals surface area (Å²) in [6.07, 6.45) is 5.43. The first-order valence-corrected chi connectivity index (χ1v) is 13.1. The van der Waals surface area contributed by atoms with Gasteiger partial charge in [-0.15, -0.1) is 11.3 Å². The summed E-state index contributed by atoms with van der Waals surface area (Å²) >= 11 is 1.87. The van der Waals surface area contributed by atoms with Crippen LogP contribution >= 0.6 is 11.3 Å². The van der Waals surface area contributed by atoms with E-state index in [1.165, 1.54) is 22.2 Å². The summed E-state index contributed by atoms with van der Waals surface area (Å²) in [4.78, 5) is 29.7. The van der Waals surface area contributed by atoms with Gasteiger partial charge in [0.1, 0.15) is 22.2 Å². The average molecular weight is 480 g/mol. The van der Waals surface area contributed by atoms with Crippen LogP contribution in [0.1, 0.15) is 43.0 Å². The summed E-state index contributed by atoms with van der Waals surface area (Å²) in [6, 6.07) is 7.36. The summed E-state index contributed by atoms with van der Waals surface area (Å²) < 4.78 is 5.19. The lowest BCUT2D eigenvalue weighted by Crippen LogP contribution is -2.50. The number of hydrogen-bond donors (Lipinski definition) is 1. The van der Waals surface area contributed by atoms with Crippen LogP contribution in [0.3, 0.4) is 0 Å². The lowest BCUT2D eigenvalue weighted by molar-refractivity contribution is 0.208. The molecule has 2 aliphatic rings. The van der Waals surface area contributed by atoms with E-state index in [1.54, 1.807) is 7.11 Å². The number of hydrogen-bond acceptors (Lipinski definition) is 6. The summed E-state index contributed by atoms with van der Waals surface area (Å²) in [5.41, 5.74) is 2.24. The third-order valence-electron chi connectivity index (χ3n) is 6.86. The number of urea groups is 1. The standard InChI is InChI=1S/C26H33N5O2S/c1-4-5-22-28-24(23-20-11-6-17(2)16-21(20)34-25(23)29-22)30-12-14-31(15-13-30)26(32)27-18-7-9-19(33-3)10-8-18/h7-10,17H,4-6,11-16H2,1-3H3,(H,27,32). The molecule has 34 heavy (non-hydrogen) atoms. The molecule has 1 atom stereocenters. The van der Waals surface area contributed by atoms with Crippen molar-refractivity contribution >= 4 is 39.1 Å². The number of anilines is 2. The van der Waals surface area contributed by atoms with Crippen molar-refractivity contribution in [3.63, 3.8) is 0 Å². The first-order valence-electron chi connectivity index (χ1n) is 12.3. The maximum Gasteiger partial charge on any atom is 0.321 e. The lowest BCUT2D eigenvalue weighted by atomic mass is 9.89. The minimum atomic E-state index is -0.0637. The van der Waals surface area contributed by atoms with Crippen molar-refractivity contribution in [1.29, 1.82) is 0 Å². The van der Waals surface area contributed by atoms with E-state index in [0.717, 1.165) is 72.6 Å². The van der Waals surface area contributed by atoms with Crippen molar-refractivity contribution in [2.45, 2.75) is 46.0 Å². The molecule has 180 valence electrons. The molecule has 0 radical (unpaired) electrons. The molecule has 5 rings (SSSR count). The van der Waals surface area contributed by atoms with E-state index in [0.29, 0.717) is 13.1 Å². The second kappa shape index (κ2) is 9.78. The molecule has 3 heterocycles. The number of aromatic nitrogens is 2. The van der Waals surface area contributed by atoms with Gasteiger partial charge in [-0.25, -0.2) is 14.8 Å². The molecule has 3 aromatic rings. The van der Waals surface area contributed by atoms with Gasteiger partial charge in [-0.05, 0) is 61.4 Å². The SMILES string of the molecule is CCCc1nc(N2CCN(C(=O)Nc3ccc(OC)cc3)CC2)c2c3c(sc2n1)CC(C)CC3. The maximum atomic E-state index is 12.8. The Morgan fingerprint density at radius 2 is 1.94 bits per heavy atom. The van der Waals surface area contributed by atoms with Crippen LogP contribution in [0.2, 0.25) is 0 Å². The van der Waals surface area contributed by atoms with Crippen LogP contribution in [-0.2, 0) is 19.3 Å². The zero-order valence-electron chi connectivity index (χ0n) is 20.3. The molecule has 1 unspecified atom stereocenters. The van der Waals surface area contributed by atoms with Crippen LogP contribution in [0, 0.1) is 5.92 Å². The number of piperazine rings is 1. The molecular weight excluding hydrogens is 446 g/mol. The van der Waals surface area contributed by atoms with Crippen LogP contribution in [0.25, 0.3) is 10.2 Å². The molecule has 1 saturated heterocycles. The highest BCUT2D eigenvalue weighted by Gasteiger charge is 2.28. The fourth-order valence-corrected chi connectivity index (χ4v) is 6.32. The quantitative estimate of drug-likeness (QED) is 0.549. The topological polar surface area (TPSA) is 70.6 Å². The predicted molar refractivity (Wildman–Crippen MR) is 138 cm³/mol. The zero-order valence-corrected chi connectivity index (χ0v) is 21.1. The molecule has 1 aliphatic heterocycles. The molecule has 0 spiro atoms. The largest absolute Gasteiger partial charge is 0.497 e. The van der Waals surface area contributed by atoms with Crippen LogP contribution in [-0.4, -0.2) is 54.2 Å². The minimum Gasteiger partial charge on any atom is -0.497 e. The van der Waals surface area contributed by atoms with E-state index >= 15 is 0 Å². The monoisotopic (exact) mass is 479 g/mol. The van der Waals surface area contributed by atoms with E-state index in [4.69, 9.17) is 14.7 Å². The highest BCUT2D eigenvalue weighted by molar-refractivity contribution is 7.19. The lowest BCUT2D eigenvalue weighted by Gasteiger charge is -2.36. The van der Waals surface area contributed by atoms with Crippen LogP contribution in [0.15, 0.2) is 24.3 Å². The number of ether oxygens (including phenoxy) is 1. The third-order valence-corrected chi connectivity index (χ3v) is 8.01. The average Bonchev–Trinajstić information content (AvgIpc) is 3.21. The number of methoxy groups -OCH3 is 1. The Balaban J connectivity index is 1.34. The van der Waals surface area contributed by atoms with E-state index in [2.05, 4.69) is 24.1 Å². The Bertz CT molecular complexity index is 1170. The predicted octanol–water partition coefficient (Wildman–Crippen LogP) is 5.13. The molecule has 1 fully saturated rings. The summed E-state index contributed by atoms with van der Waals surface area (Å²) in [5.74, 6) is 3.53. The van der Waals surface area contributed by atoms with Gasteiger partial charge in [-0.1, -0.05) is 13.8 Å². The summed E-state index contributed by atoms with van der Waals surface area (Å²) in [5, 5.41) is 4.27. The van der Waals surface area contributed by atoms with Gasteiger partial charge in [0.15, 0.2) is 0 Å². The number of benzene rings is 1. The van der Waals surface area contributed by atoms with Crippen molar-refractivity contribution in [3.05, 3.63) is 40.5 Å². The first-order chi connectivity index (χ1) is 16.6. The van der Waals surface area contributed by atoms with E-state index < -0.39 is 0 Å². The molecule has 0 saturated carbocycles. The van der Waals surface area contributed by atoms with E-state index in [9.17, 15) is 4.79 Å². The van der Waals surface area contributed by atoms with Crippen molar-refractivity contribution in [2.24, 2.45) is 5.92 Å². The van der Waals surface area contributed by atoms with Gasteiger partial charge in [0.25, 0.3) is 0 Å². The number of aryl methyl sites for hydroxylation is 2. The second-order valence-electron chi connectivity index (χ2n) is 9.38. The van der Waals surface area contributed by atoms with Gasteiger partial charge in [-0.3, -0.25) is 0 Å². The van der Waals surface area contributed by atoms with E-state index in [-0.39, 0.29) is 6.03 Å². The Kier molecular flexibility index (Phi) is 6.59.